The molecule has 31 heavy (non-hydrogen) atoms. The summed E-state index contributed by atoms with van der Waals surface area (Å²) in [6.45, 7) is 1.73. The van der Waals surface area contributed by atoms with Gasteiger partial charge < -0.3 is 9.84 Å². The first-order valence-corrected chi connectivity index (χ1v) is 10.2. The Bertz CT molecular complexity index is 1200. The van der Waals surface area contributed by atoms with Crippen LogP contribution < -0.4 is 10.2 Å². The summed E-state index contributed by atoms with van der Waals surface area (Å²) in [5.74, 6) is -1.77. The van der Waals surface area contributed by atoms with Crippen molar-refractivity contribution in [1.82, 2.24) is 0 Å². The number of carboxylic acid groups (broad SMARTS) is 1. The second-order valence-electron chi connectivity index (χ2n) is 6.52. The molecule has 0 aliphatic carbocycles. The Morgan fingerprint density at radius 1 is 0.968 bits per heavy atom. The number of nitrogens with one attached hydrogen (secondary N) is 1. The van der Waals surface area contributed by atoms with Gasteiger partial charge in [-0.2, -0.15) is 0 Å². The predicted molar refractivity (Wildman–Crippen MR) is 115 cm³/mol. The van der Waals surface area contributed by atoms with Gasteiger partial charge in [-0.25, -0.2) is 14.5 Å². The van der Waals surface area contributed by atoms with Gasteiger partial charge in [0.1, 0.15) is 10.6 Å². The molecule has 9 heteroatoms. The first-order valence-electron chi connectivity index (χ1n) is 9.29. The normalized spacial score (nSPS) is 12.6. The largest absolute Gasteiger partial charge is 0.465 e. The minimum absolute atomic E-state index is 0.0287. The number of hydrogen-bond donors (Lipinski definition) is 2. The number of rotatable bonds is 5. The lowest BCUT2D eigenvalue weighted by atomic mass is 10.0. The molecule has 2 heterocycles. The molecule has 1 aromatic heterocycles. The average molecular weight is 436 g/mol. The fourth-order valence-electron chi connectivity index (χ4n) is 3.43. The van der Waals surface area contributed by atoms with Crippen molar-refractivity contribution in [3.8, 4) is 11.1 Å². The highest BCUT2D eigenvalue weighted by atomic mass is 32.1. The fraction of sp³-hybridized carbons (Fsp3) is 0.0909. The zero-order chi connectivity index (χ0) is 22.1. The van der Waals surface area contributed by atoms with Crippen LogP contribution >= 0.6 is 11.3 Å². The van der Waals surface area contributed by atoms with E-state index in [2.05, 4.69) is 5.32 Å². The molecule has 156 valence electrons. The zero-order valence-electron chi connectivity index (χ0n) is 16.2. The molecular formula is C22H16N2O6S. The Kier molecular flexibility index (Phi) is 5.26. The summed E-state index contributed by atoms with van der Waals surface area (Å²) >= 11 is 1.04. The third-order valence-corrected chi connectivity index (χ3v) is 5.67. The Morgan fingerprint density at radius 3 is 2.13 bits per heavy atom. The molecular weight excluding hydrogens is 420 g/mol. The SMILES string of the molecule is CCOC(=O)c1c(-c2ccccc2NC(=O)O)csc1N1C(=O)c2ccccc2C1=O. The van der Waals surface area contributed by atoms with Gasteiger partial charge in [0.25, 0.3) is 11.8 Å². The highest BCUT2D eigenvalue weighted by Crippen LogP contribution is 2.43. The van der Waals surface area contributed by atoms with Gasteiger partial charge in [0.05, 0.1) is 23.4 Å². The lowest BCUT2D eigenvalue weighted by Crippen LogP contribution is -2.30. The summed E-state index contributed by atoms with van der Waals surface area (Å²) in [6, 6.07) is 13.0. The topological polar surface area (TPSA) is 113 Å². The number of thiophene rings is 1. The van der Waals surface area contributed by atoms with Gasteiger partial charge in [0.15, 0.2) is 0 Å². The summed E-state index contributed by atoms with van der Waals surface area (Å²) in [4.78, 5) is 51.0. The number of carbonyl (C=O) groups excluding carboxylic acids is 3. The van der Waals surface area contributed by atoms with E-state index in [9.17, 15) is 19.2 Å². The number of imide groups is 1. The molecule has 0 fully saturated rings. The maximum Gasteiger partial charge on any atom is 0.409 e. The van der Waals surface area contributed by atoms with Gasteiger partial charge in [-0.1, -0.05) is 30.3 Å². The lowest BCUT2D eigenvalue weighted by Gasteiger charge is -2.15. The van der Waals surface area contributed by atoms with Crippen molar-refractivity contribution in [2.75, 3.05) is 16.8 Å². The Morgan fingerprint density at radius 2 is 1.55 bits per heavy atom. The van der Waals surface area contributed by atoms with E-state index >= 15 is 0 Å². The predicted octanol–water partition coefficient (Wildman–Crippen LogP) is 4.48. The number of para-hydroxylation sites is 1. The smallest absolute Gasteiger partial charge is 0.409 e. The molecule has 0 bridgehead atoms. The minimum Gasteiger partial charge on any atom is -0.465 e. The van der Waals surface area contributed by atoms with E-state index in [1.165, 1.54) is 0 Å². The Hall–Kier alpha value is -3.98. The third-order valence-electron chi connectivity index (χ3n) is 4.71. The number of ether oxygens (including phenoxy) is 1. The molecule has 0 spiro atoms. The third kappa shape index (κ3) is 3.44. The van der Waals surface area contributed by atoms with Crippen molar-refractivity contribution < 1.29 is 29.0 Å². The zero-order valence-corrected chi connectivity index (χ0v) is 17.1. The molecule has 2 N–H and O–H groups in total. The van der Waals surface area contributed by atoms with Crippen molar-refractivity contribution in [1.29, 1.82) is 0 Å². The van der Waals surface area contributed by atoms with E-state index in [0.717, 1.165) is 16.2 Å². The molecule has 3 amide bonds. The first kappa shape index (κ1) is 20.3. The van der Waals surface area contributed by atoms with Gasteiger partial charge in [-0.3, -0.25) is 14.9 Å². The first-order chi connectivity index (χ1) is 14.9. The molecule has 1 aliphatic rings. The number of esters is 1. The maximum absolute atomic E-state index is 13.0. The molecule has 8 nitrogen and oxygen atoms in total. The highest BCUT2D eigenvalue weighted by Gasteiger charge is 2.40. The van der Waals surface area contributed by atoms with Gasteiger partial charge in [-0.15, -0.1) is 11.3 Å². The number of benzene rings is 2. The van der Waals surface area contributed by atoms with Crippen molar-refractivity contribution in [2.45, 2.75) is 6.92 Å². The molecule has 1 aliphatic heterocycles. The monoisotopic (exact) mass is 436 g/mol. The van der Waals surface area contributed by atoms with Crippen LogP contribution in [0.15, 0.2) is 53.9 Å². The number of hydrogen-bond acceptors (Lipinski definition) is 6. The molecule has 0 radical (unpaired) electrons. The molecule has 0 saturated heterocycles. The summed E-state index contributed by atoms with van der Waals surface area (Å²) in [5, 5.41) is 13.2. The van der Waals surface area contributed by atoms with Crippen molar-refractivity contribution in [2.24, 2.45) is 0 Å². The molecule has 3 aromatic rings. The molecule has 0 atom stereocenters. The van der Waals surface area contributed by atoms with Crippen LogP contribution in [0.1, 0.15) is 38.0 Å². The van der Waals surface area contributed by atoms with Crippen LogP contribution in [0, 0.1) is 0 Å². The minimum atomic E-state index is -1.26. The van der Waals surface area contributed by atoms with Crippen LogP contribution in [-0.4, -0.2) is 35.6 Å². The Labute approximate surface area is 180 Å². The van der Waals surface area contributed by atoms with Gasteiger partial charge >= 0.3 is 12.1 Å². The van der Waals surface area contributed by atoms with Crippen LogP contribution in [0.2, 0.25) is 0 Å². The van der Waals surface area contributed by atoms with Crippen molar-refractivity contribution >= 4 is 45.9 Å². The van der Waals surface area contributed by atoms with E-state index in [1.807, 2.05) is 0 Å². The number of nitrogens with zero attached hydrogens (tertiary/aromatic N) is 1. The van der Waals surface area contributed by atoms with Gasteiger partial charge in [0.2, 0.25) is 0 Å². The van der Waals surface area contributed by atoms with Crippen LogP contribution in [0.4, 0.5) is 15.5 Å². The average Bonchev–Trinajstić information content (AvgIpc) is 3.28. The maximum atomic E-state index is 13.0. The lowest BCUT2D eigenvalue weighted by molar-refractivity contribution is 0.0529. The standard InChI is InChI=1S/C22H16N2O6S/c1-2-30-21(27)17-15(12-7-5-6-10-16(12)23-22(28)29)11-31-20(17)24-18(25)13-8-3-4-9-14(13)19(24)26/h3-11,23H,2H2,1H3,(H,28,29). The van der Waals surface area contributed by atoms with E-state index in [1.54, 1.807) is 60.8 Å². The summed E-state index contributed by atoms with van der Waals surface area (Å²) < 4.78 is 5.20. The summed E-state index contributed by atoms with van der Waals surface area (Å²) in [5.41, 5.74) is 1.58. The van der Waals surface area contributed by atoms with E-state index in [-0.39, 0.29) is 34.0 Å². The number of carbonyl (C=O) groups is 4. The highest BCUT2D eigenvalue weighted by molar-refractivity contribution is 7.15. The molecule has 0 saturated carbocycles. The van der Waals surface area contributed by atoms with Crippen LogP contribution in [0.25, 0.3) is 11.1 Å². The van der Waals surface area contributed by atoms with E-state index < -0.39 is 23.9 Å². The van der Waals surface area contributed by atoms with Gasteiger partial charge in [-0.05, 0) is 25.1 Å². The van der Waals surface area contributed by atoms with Gasteiger partial charge in [0, 0.05) is 16.5 Å². The van der Waals surface area contributed by atoms with Crippen molar-refractivity contribution in [3.05, 3.63) is 70.6 Å². The van der Waals surface area contributed by atoms with Crippen molar-refractivity contribution in [3.63, 3.8) is 0 Å². The number of anilines is 2. The molecule has 2 aromatic carbocycles. The summed E-state index contributed by atoms with van der Waals surface area (Å²) in [7, 11) is 0. The van der Waals surface area contributed by atoms with Crippen LogP contribution in [0.3, 0.4) is 0 Å². The fourth-order valence-corrected chi connectivity index (χ4v) is 4.48. The second kappa shape index (κ2) is 8.04. The van der Waals surface area contributed by atoms with E-state index in [0.29, 0.717) is 11.1 Å². The number of fused-ring (bicyclic) bond motifs is 1. The quantitative estimate of drug-likeness (QED) is 0.450. The molecule has 0 unspecified atom stereocenters. The second-order valence-corrected chi connectivity index (χ2v) is 7.38. The summed E-state index contributed by atoms with van der Waals surface area (Å²) in [6.07, 6.45) is -1.26. The number of amides is 3. The molecule has 4 rings (SSSR count). The van der Waals surface area contributed by atoms with Crippen LogP contribution in [-0.2, 0) is 4.74 Å². The van der Waals surface area contributed by atoms with Crippen LogP contribution in [0.5, 0.6) is 0 Å². The van der Waals surface area contributed by atoms with E-state index in [4.69, 9.17) is 9.84 Å². The Balaban J connectivity index is 1.89.